The minimum atomic E-state index is 0.0908. The van der Waals surface area contributed by atoms with E-state index < -0.39 is 0 Å². The molecule has 0 heterocycles. The van der Waals surface area contributed by atoms with Crippen molar-refractivity contribution in [2.45, 2.75) is 39.7 Å². The van der Waals surface area contributed by atoms with Crippen molar-refractivity contribution in [2.24, 2.45) is 11.7 Å². The lowest BCUT2D eigenvalue weighted by molar-refractivity contribution is 0.251. The molecule has 0 amide bonds. The minimum absolute atomic E-state index is 0.0908. The highest BCUT2D eigenvalue weighted by Gasteiger charge is 2.03. The summed E-state index contributed by atoms with van der Waals surface area (Å²) in [6.45, 7) is 7.21. The lowest BCUT2D eigenvalue weighted by Crippen LogP contribution is -2.08. The molecule has 1 aromatic carbocycles. The van der Waals surface area contributed by atoms with Crippen LogP contribution < -0.4 is 10.5 Å². The highest BCUT2D eigenvalue weighted by Crippen LogP contribution is 2.17. The molecule has 90 valence electrons. The van der Waals surface area contributed by atoms with E-state index in [4.69, 9.17) is 10.5 Å². The van der Waals surface area contributed by atoms with Gasteiger partial charge in [-0.25, -0.2) is 0 Å². The summed E-state index contributed by atoms with van der Waals surface area (Å²) in [5, 5.41) is 0. The Balaban J connectivity index is 2.43. The van der Waals surface area contributed by atoms with Crippen molar-refractivity contribution < 1.29 is 4.74 Å². The van der Waals surface area contributed by atoms with Crippen LogP contribution >= 0.6 is 0 Å². The van der Waals surface area contributed by atoms with Crippen LogP contribution in [0, 0.1) is 5.92 Å². The van der Waals surface area contributed by atoms with Gasteiger partial charge in [0.05, 0.1) is 6.61 Å². The first-order chi connectivity index (χ1) is 7.63. The number of nitrogens with two attached hydrogens (primary N) is 1. The molecule has 0 bridgehead atoms. The third-order valence-electron chi connectivity index (χ3n) is 2.72. The molecule has 0 spiro atoms. The predicted octanol–water partition coefficient (Wildman–Crippen LogP) is 3.52. The monoisotopic (exact) mass is 221 g/mol. The van der Waals surface area contributed by atoms with Gasteiger partial charge < -0.3 is 10.5 Å². The Morgan fingerprint density at radius 3 is 2.31 bits per heavy atom. The van der Waals surface area contributed by atoms with E-state index in [1.807, 2.05) is 31.2 Å². The van der Waals surface area contributed by atoms with Crippen molar-refractivity contribution in [3.8, 4) is 5.75 Å². The van der Waals surface area contributed by atoms with Crippen molar-refractivity contribution in [2.75, 3.05) is 6.61 Å². The summed E-state index contributed by atoms with van der Waals surface area (Å²) in [7, 11) is 0. The molecule has 2 atom stereocenters. The standard InChI is InChI=1S/C14H23NO/c1-4-5-11(2)10-16-14-8-6-13(7-9-14)12(3)15/h6-9,11-12H,4-5,10,15H2,1-3H3/t11?,12-/m0/s1. The molecule has 0 radical (unpaired) electrons. The van der Waals surface area contributed by atoms with Gasteiger partial charge in [0.15, 0.2) is 0 Å². The molecule has 0 aliphatic rings. The number of hydrogen-bond donors (Lipinski definition) is 1. The normalized spacial score (nSPS) is 14.5. The zero-order valence-electron chi connectivity index (χ0n) is 10.6. The smallest absolute Gasteiger partial charge is 0.119 e. The zero-order valence-corrected chi connectivity index (χ0v) is 10.6. The molecule has 0 aliphatic heterocycles. The number of ether oxygens (including phenoxy) is 1. The SMILES string of the molecule is CCCC(C)COc1ccc([C@H](C)N)cc1. The van der Waals surface area contributed by atoms with Gasteiger partial charge in [0, 0.05) is 6.04 Å². The highest BCUT2D eigenvalue weighted by atomic mass is 16.5. The summed E-state index contributed by atoms with van der Waals surface area (Å²) < 4.78 is 5.71. The van der Waals surface area contributed by atoms with E-state index >= 15 is 0 Å². The molecular weight excluding hydrogens is 198 g/mol. The van der Waals surface area contributed by atoms with Gasteiger partial charge in [0.1, 0.15) is 5.75 Å². The van der Waals surface area contributed by atoms with Crippen LogP contribution in [0.15, 0.2) is 24.3 Å². The van der Waals surface area contributed by atoms with Crippen molar-refractivity contribution in [1.82, 2.24) is 0 Å². The second-order valence-corrected chi connectivity index (χ2v) is 4.56. The molecule has 2 heteroatoms. The summed E-state index contributed by atoms with van der Waals surface area (Å²) in [4.78, 5) is 0. The quantitative estimate of drug-likeness (QED) is 0.797. The van der Waals surface area contributed by atoms with Gasteiger partial charge in [-0.1, -0.05) is 32.4 Å². The fourth-order valence-electron chi connectivity index (χ4n) is 1.68. The van der Waals surface area contributed by atoms with Crippen LogP contribution in [0.1, 0.15) is 45.2 Å². The molecule has 16 heavy (non-hydrogen) atoms. The number of rotatable bonds is 6. The maximum atomic E-state index is 5.78. The molecule has 1 aromatic rings. The van der Waals surface area contributed by atoms with E-state index in [-0.39, 0.29) is 6.04 Å². The van der Waals surface area contributed by atoms with Crippen LogP contribution in [0.3, 0.4) is 0 Å². The summed E-state index contributed by atoms with van der Waals surface area (Å²) in [6, 6.07) is 8.15. The van der Waals surface area contributed by atoms with E-state index in [0.717, 1.165) is 17.9 Å². The molecule has 0 saturated carbocycles. The fourth-order valence-corrected chi connectivity index (χ4v) is 1.68. The van der Waals surface area contributed by atoms with E-state index in [2.05, 4.69) is 13.8 Å². The first kappa shape index (κ1) is 13.0. The second-order valence-electron chi connectivity index (χ2n) is 4.56. The summed E-state index contributed by atoms with van der Waals surface area (Å²) >= 11 is 0. The van der Waals surface area contributed by atoms with Gasteiger partial charge in [-0.15, -0.1) is 0 Å². The average molecular weight is 221 g/mol. The van der Waals surface area contributed by atoms with Crippen molar-refractivity contribution in [1.29, 1.82) is 0 Å². The Morgan fingerprint density at radius 2 is 1.81 bits per heavy atom. The molecule has 1 unspecified atom stereocenters. The van der Waals surface area contributed by atoms with Crippen molar-refractivity contribution in [3.05, 3.63) is 29.8 Å². The first-order valence-corrected chi connectivity index (χ1v) is 6.11. The molecule has 2 N–H and O–H groups in total. The van der Waals surface area contributed by atoms with Gasteiger partial charge >= 0.3 is 0 Å². The molecule has 0 aliphatic carbocycles. The third-order valence-corrected chi connectivity index (χ3v) is 2.72. The van der Waals surface area contributed by atoms with Crippen LogP contribution in [-0.2, 0) is 0 Å². The van der Waals surface area contributed by atoms with E-state index in [0.29, 0.717) is 5.92 Å². The molecule has 0 fully saturated rings. The molecule has 0 saturated heterocycles. The topological polar surface area (TPSA) is 35.2 Å². The summed E-state index contributed by atoms with van der Waals surface area (Å²) in [5.41, 5.74) is 6.93. The lowest BCUT2D eigenvalue weighted by atomic mass is 10.1. The third kappa shape index (κ3) is 4.23. The van der Waals surface area contributed by atoms with E-state index in [9.17, 15) is 0 Å². The Kier molecular flexibility index (Phi) is 5.33. The van der Waals surface area contributed by atoms with E-state index in [1.54, 1.807) is 0 Å². The van der Waals surface area contributed by atoms with Crippen LogP contribution in [-0.4, -0.2) is 6.61 Å². The Bertz CT molecular complexity index is 292. The van der Waals surface area contributed by atoms with Crippen LogP contribution in [0.25, 0.3) is 0 Å². The zero-order chi connectivity index (χ0) is 12.0. The number of benzene rings is 1. The Morgan fingerprint density at radius 1 is 1.19 bits per heavy atom. The number of hydrogen-bond acceptors (Lipinski definition) is 2. The molecule has 2 nitrogen and oxygen atoms in total. The lowest BCUT2D eigenvalue weighted by Gasteiger charge is -2.13. The van der Waals surface area contributed by atoms with Gasteiger partial charge in [-0.2, -0.15) is 0 Å². The maximum Gasteiger partial charge on any atom is 0.119 e. The summed E-state index contributed by atoms with van der Waals surface area (Å²) in [6.07, 6.45) is 2.44. The van der Waals surface area contributed by atoms with Crippen molar-refractivity contribution in [3.63, 3.8) is 0 Å². The second kappa shape index (κ2) is 6.54. The Hall–Kier alpha value is -1.02. The van der Waals surface area contributed by atoms with Crippen molar-refractivity contribution >= 4 is 0 Å². The minimum Gasteiger partial charge on any atom is -0.493 e. The summed E-state index contributed by atoms with van der Waals surface area (Å²) in [5.74, 6) is 1.56. The van der Waals surface area contributed by atoms with Crippen LogP contribution in [0.5, 0.6) is 5.75 Å². The Labute approximate surface area is 98.8 Å². The highest BCUT2D eigenvalue weighted by molar-refractivity contribution is 5.28. The van der Waals surface area contributed by atoms with Gasteiger partial charge in [0.25, 0.3) is 0 Å². The fraction of sp³-hybridized carbons (Fsp3) is 0.571. The maximum absolute atomic E-state index is 5.78. The van der Waals surface area contributed by atoms with Crippen LogP contribution in [0.4, 0.5) is 0 Å². The van der Waals surface area contributed by atoms with Gasteiger partial charge in [-0.3, -0.25) is 0 Å². The molecule has 0 aromatic heterocycles. The first-order valence-electron chi connectivity index (χ1n) is 6.11. The van der Waals surface area contributed by atoms with Crippen LogP contribution in [0.2, 0.25) is 0 Å². The molecule has 1 rings (SSSR count). The van der Waals surface area contributed by atoms with Gasteiger partial charge in [-0.05, 0) is 37.0 Å². The predicted molar refractivity (Wildman–Crippen MR) is 68.6 cm³/mol. The van der Waals surface area contributed by atoms with E-state index in [1.165, 1.54) is 12.8 Å². The van der Waals surface area contributed by atoms with Gasteiger partial charge in [0.2, 0.25) is 0 Å². The average Bonchev–Trinajstić information content (AvgIpc) is 2.27. The largest absolute Gasteiger partial charge is 0.493 e. The molecular formula is C14H23NO.